The minimum atomic E-state index is -0.604. The highest BCUT2D eigenvalue weighted by atomic mass is 32.1. The van der Waals surface area contributed by atoms with Crippen molar-refractivity contribution in [2.45, 2.75) is 50.9 Å². The largest absolute Gasteiger partial charge is 0.388 e. The number of carbonyl (C=O) groups is 1. The second-order valence-corrected chi connectivity index (χ2v) is 6.43. The van der Waals surface area contributed by atoms with Crippen LogP contribution in [0.15, 0.2) is 12.1 Å². The van der Waals surface area contributed by atoms with Crippen molar-refractivity contribution in [1.29, 1.82) is 0 Å². The van der Waals surface area contributed by atoms with Gasteiger partial charge < -0.3 is 15.2 Å². The molecule has 0 unspecified atom stereocenters. The van der Waals surface area contributed by atoms with E-state index in [4.69, 9.17) is 4.74 Å². The molecule has 0 spiro atoms. The SMILES string of the molecule is CO[C@@H]1CCC[C@@H](NC(=O)Cc2ccc(C)s2)[C@H]1O. The van der Waals surface area contributed by atoms with Gasteiger partial charge in [0.15, 0.2) is 0 Å². The summed E-state index contributed by atoms with van der Waals surface area (Å²) < 4.78 is 5.24. The number of aryl methyl sites for hydroxylation is 1. The number of nitrogens with one attached hydrogen (secondary N) is 1. The fourth-order valence-electron chi connectivity index (χ4n) is 2.55. The maximum Gasteiger partial charge on any atom is 0.225 e. The van der Waals surface area contributed by atoms with E-state index in [0.717, 1.165) is 24.1 Å². The van der Waals surface area contributed by atoms with Crippen molar-refractivity contribution in [2.75, 3.05) is 7.11 Å². The molecule has 0 aromatic carbocycles. The van der Waals surface area contributed by atoms with E-state index in [0.29, 0.717) is 6.42 Å². The molecule has 1 aromatic heterocycles. The van der Waals surface area contributed by atoms with Gasteiger partial charge >= 0.3 is 0 Å². The minimum absolute atomic E-state index is 0.0253. The second-order valence-electron chi connectivity index (χ2n) is 5.06. The van der Waals surface area contributed by atoms with Crippen molar-refractivity contribution in [3.05, 3.63) is 21.9 Å². The standard InChI is InChI=1S/C14H21NO3S/c1-9-6-7-10(19-9)8-13(16)15-11-4-3-5-12(18-2)14(11)17/h6-7,11-12,14,17H,3-5,8H2,1-2H3,(H,15,16)/t11-,12-,14-/m1/s1. The Morgan fingerprint density at radius 3 is 2.95 bits per heavy atom. The van der Waals surface area contributed by atoms with Gasteiger partial charge in [-0.3, -0.25) is 4.79 Å². The molecule has 3 atom stereocenters. The van der Waals surface area contributed by atoms with Gasteiger partial charge in [0, 0.05) is 16.9 Å². The van der Waals surface area contributed by atoms with Crippen molar-refractivity contribution in [1.82, 2.24) is 5.32 Å². The molecule has 1 fully saturated rings. The average molecular weight is 283 g/mol. The molecule has 5 heteroatoms. The summed E-state index contributed by atoms with van der Waals surface area (Å²) in [7, 11) is 1.60. The van der Waals surface area contributed by atoms with Crippen LogP contribution in [0, 0.1) is 6.92 Å². The molecule has 0 bridgehead atoms. The molecule has 1 aliphatic carbocycles. The van der Waals surface area contributed by atoms with Crippen LogP contribution < -0.4 is 5.32 Å². The van der Waals surface area contributed by atoms with Gasteiger partial charge in [-0.15, -0.1) is 11.3 Å². The zero-order valence-electron chi connectivity index (χ0n) is 11.4. The number of aliphatic hydroxyl groups is 1. The molecule has 4 nitrogen and oxygen atoms in total. The molecule has 106 valence electrons. The van der Waals surface area contributed by atoms with E-state index in [-0.39, 0.29) is 18.1 Å². The maximum atomic E-state index is 12.0. The van der Waals surface area contributed by atoms with Crippen LogP contribution in [-0.4, -0.2) is 36.4 Å². The molecular formula is C14H21NO3S. The molecule has 1 amide bonds. The number of methoxy groups -OCH3 is 1. The summed E-state index contributed by atoms with van der Waals surface area (Å²) in [4.78, 5) is 14.2. The molecule has 0 radical (unpaired) electrons. The molecule has 0 saturated heterocycles. The first-order valence-corrected chi connectivity index (χ1v) is 7.47. The Labute approximate surface area is 117 Å². The van der Waals surface area contributed by atoms with Gasteiger partial charge in [-0.25, -0.2) is 0 Å². The normalized spacial score (nSPS) is 27.2. The van der Waals surface area contributed by atoms with E-state index in [1.54, 1.807) is 18.4 Å². The maximum absolute atomic E-state index is 12.0. The van der Waals surface area contributed by atoms with E-state index < -0.39 is 6.10 Å². The highest BCUT2D eigenvalue weighted by Gasteiger charge is 2.32. The highest BCUT2D eigenvalue weighted by Crippen LogP contribution is 2.22. The first-order chi connectivity index (χ1) is 9.10. The molecule has 1 aromatic rings. The molecule has 19 heavy (non-hydrogen) atoms. The van der Waals surface area contributed by atoms with Crippen LogP contribution >= 0.6 is 11.3 Å². The fraction of sp³-hybridized carbons (Fsp3) is 0.643. The zero-order valence-corrected chi connectivity index (χ0v) is 12.2. The summed E-state index contributed by atoms with van der Waals surface area (Å²) in [5, 5.41) is 13.0. The lowest BCUT2D eigenvalue weighted by atomic mass is 9.90. The molecule has 2 rings (SSSR count). The van der Waals surface area contributed by atoms with Crippen molar-refractivity contribution >= 4 is 17.2 Å². The second kappa shape index (κ2) is 6.50. The van der Waals surface area contributed by atoms with Crippen molar-refractivity contribution in [3.8, 4) is 0 Å². The number of amides is 1. The van der Waals surface area contributed by atoms with Gasteiger partial charge in [-0.05, 0) is 38.3 Å². The van der Waals surface area contributed by atoms with Crippen LogP contribution in [0.4, 0.5) is 0 Å². The van der Waals surface area contributed by atoms with Gasteiger partial charge in [-0.1, -0.05) is 0 Å². The summed E-state index contributed by atoms with van der Waals surface area (Å²) in [5.41, 5.74) is 0. The fourth-order valence-corrected chi connectivity index (χ4v) is 3.44. The Morgan fingerprint density at radius 1 is 1.53 bits per heavy atom. The topological polar surface area (TPSA) is 58.6 Å². The minimum Gasteiger partial charge on any atom is -0.388 e. The van der Waals surface area contributed by atoms with Crippen LogP contribution in [0.2, 0.25) is 0 Å². The van der Waals surface area contributed by atoms with Gasteiger partial charge in [0.1, 0.15) is 6.10 Å². The molecule has 2 N–H and O–H groups in total. The van der Waals surface area contributed by atoms with E-state index in [2.05, 4.69) is 5.32 Å². The number of thiophene rings is 1. The zero-order chi connectivity index (χ0) is 13.8. The third kappa shape index (κ3) is 3.78. The summed E-state index contributed by atoms with van der Waals surface area (Å²) in [6, 6.07) is 3.81. The van der Waals surface area contributed by atoms with Gasteiger partial charge in [0.05, 0.1) is 18.6 Å². The third-order valence-electron chi connectivity index (χ3n) is 3.58. The van der Waals surface area contributed by atoms with Crippen molar-refractivity contribution in [3.63, 3.8) is 0 Å². The molecule has 1 aliphatic rings. The van der Waals surface area contributed by atoms with E-state index in [1.807, 2.05) is 19.1 Å². The summed E-state index contributed by atoms with van der Waals surface area (Å²) >= 11 is 1.64. The number of ether oxygens (including phenoxy) is 1. The quantitative estimate of drug-likeness (QED) is 0.883. The van der Waals surface area contributed by atoms with Gasteiger partial charge in [0.25, 0.3) is 0 Å². The number of carbonyl (C=O) groups excluding carboxylic acids is 1. The lowest BCUT2D eigenvalue weighted by Crippen LogP contribution is -2.51. The van der Waals surface area contributed by atoms with E-state index in [1.165, 1.54) is 4.88 Å². The van der Waals surface area contributed by atoms with Crippen molar-refractivity contribution < 1.29 is 14.6 Å². The Hall–Kier alpha value is -0.910. The smallest absolute Gasteiger partial charge is 0.225 e. The lowest BCUT2D eigenvalue weighted by Gasteiger charge is -2.34. The Balaban J connectivity index is 1.87. The third-order valence-corrected chi connectivity index (χ3v) is 4.58. The first-order valence-electron chi connectivity index (χ1n) is 6.65. The monoisotopic (exact) mass is 283 g/mol. The van der Waals surface area contributed by atoms with Crippen LogP contribution in [-0.2, 0) is 16.0 Å². The van der Waals surface area contributed by atoms with Crippen LogP contribution in [0.25, 0.3) is 0 Å². The average Bonchev–Trinajstić information content (AvgIpc) is 2.77. The summed E-state index contributed by atoms with van der Waals surface area (Å²) in [6.07, 6.45) is 2.26. The molecule has 1 saturated carbocycles. The molecule has 0 aliphatic heterocycles. The highest BCUT2D eigenvalue weighted by molar-refractivity contribution is 7.12. The van der Waals surface area contributed by atoms with Crippen molar-refractivity contribution in [2.24, 2.45) is 0 Å². The number of aliphatic hydroxyl groups excluding tert-OH is 1. The van der Waals surface area contributed by atoms with E-state index >= 15 is 0 Å². The Kier molecular flexibility index (Phi) is 4.96. The predicted molar refractivity (Wildman–Crippen MR) is 75.3 cm³/mol. The summed E-state index contributed by atoms with van der Waals surface area (Å²) in [5.74, 6) is -0.0253. The lowest BCUT2D eigenvalue weighted by molar-refractivity contribution is -0.124. The van der Waals surface area contributed by atoms with Gasteiger partial charge in [0.2, 0.25) is 5.91 Å². The van der Waals surface area contributed by atoms with Crippen LogP contribution in [0.3, 0.4) is 0 Å². The first kappa shape index (κ1) is 14.5. The number of hydrogen-bond acceptors (Lipinski definition) is 4. The Bertz CT molecular complexity index is 432. The van der Waals surface area contributed by atoms with Gasteiger partial charge in [-0.2, -0.15) is 0 Å². The predicted octanol–water partition coefficient (Wildman–Crippen LogP) is 1.64. The molecule has 1 heterocycles. The Morgan fingerprint density at radius 2 is 2.32 bits per heavy atom. The molecular weight excluding hydrogens is 262 g/mol. The van der Waals surface area contributed by atoms with Crippen LogP contribution in [0.1, 0.15) is 29.0 Å². The summed E-state index contributed by atoms with van der Waals surface area (Å²) in [6.45, 7) is 2.03. The van der Waals surface area contributed by atoms with E-state index in [9.17, 15) is 9.90 Å². The number of hydrogen-bond donors (Lipinski definition) is 2. The number of rotatable bonds is 4. The van der Waals surface area contributed by atoms with Crippen LogP contribution in [0.5, 0.6) is 0 Å².